The summed E-state index contributed by atoms with van der Waals surface area (Å²) in [5, 5.41) is 11.2. The molecule has 6 heteroatoms. The maximum atomic E-state index is 5.53. The molecule has 0 aliphatic heterocycles. The van der Waals surface area contributed by atoms with Gasteiger partial charge in [0.2, 0.25) is 5.89 Å². The monoisotopic (exact) mass is 224 g/mol. The largest absolute Gasteiger partial charge is 0.418 e. The highest BCUT2D eigenvalue weighted by Crippen LogP contribution is 2.23. The standard InChI is InChI=1S/C9H12N4OS/c1-3-11-6(2)8-12-13-9(14-8)7-4-10-5-15-7/h4-6,11H,3H2,1-2H3. The second-order valence-electron chi connectivity index (χ2n) is 3.09. The van der Waals surface area contributed by atoms with Gasteiger partial charge in [-0.2, -0.15) is 0 Å². The van der Waals surface area contributed by atoms with Crippen molar-refractivity contribution in [3.05, 3.63) is 17.6 Å². The second kappa shape index (κ2) is 4.50. The molecule has 2 heterocycles. The predicted octanol–water partition coefficient (Wildman–Crippen LogP) is 1.86. The van der Waals surface area contributed by atoms with Crippen LogP contribution in [-0.2, 0) is 0 Å². The Labute approximate surface area is 91.6 Å². The Hall–Kier alpha value is -1.27. The lowest BCUT2D eigenvalue weighted by Gasteiger charge is -2.05. The van der Waals surface area contributed by atoms with Crippen molar-refractivity contribution in [2.45, 2.75) is 19.9 Å². The van der Waals surface area contributed by atoms with Crippen LogP contribution in [-0.4, -0.2) is 21.7 Å². The molecule has 0 spiro atoms. The summed E-state index contributed by atoms with van der Waals surface area (Å²) in [6.07, 6.45) is 1.72. The van der Waals surface area contributed by atoms with E-state index in [1.165, 1.54) is 11.3 Å². The normalized spacial score (nSPS) is 12.9. The van der Waals surface area contributed by atoms with E-state index < -0.39 is 0 Å². The average molecular weight is 224 g/mol. The van der Waals surface area contributed by atoms with Crippen molar-refractivity contribution >= 4 is 11.3 Å². The van der Waals surface area contributed by atoms with Gasteiger partial charge >= 0.3 is 0 Å². The summed E-state index contributed by atoms with van der Waals surface area (Å²) < 4.78 is 5.53. The highest BCUT2D eigenvalue weighted by molar-refractivity contribution is 7.13. The molecule has 0 fully saturated rings. The molecule has 0 saturated carbocycles. The van der Waals surface area contributed by atoms with Crippen LogP contribution in [0.15, 0.2) is 16.1 Å². The van der Waals surface area contributed by atoms with E-state index in [0.717, 1.165) is 11.4 Å². The molecule has 1 unspecified atom stereocenters. The van der Waals surface area contributed by atoms with Crippen molar-refractivity contribution in [3.63, 3.8) is 0 Å². The van der Waals surface area contributed by atoms with E-state index in [9.17, 15) is 0 Å². The zero-order valence-corrected chi connectivity index (χ0v) is 9.41. The van der Waals surface area contributed by atoms with E-state index in [2.05, 4.69) is 20.5 Å². The predicted molar refractivity (Wildman–Crippen MR) is 57.5 cm³/mol. The maximum absolute atomic E-state index is 5.53. The van der Waals surface area contributed by atoms with Gasteiger partial charge in [0.1, 0.15) is 4.88 Å². The zero-order valence-electron chi connectivity index (χ0n) is 8.60. The molecule has 80 valence electrons. The van der Waals surface area contributed by atoms with Gasteiger partial charge in [0.15, 0.2) is 0 Å². The third kappa shape index (κ3) is 2.21. The Morgan fingerprint density at radius 1 is 1.53 bits per heavy atom. The van der Waals surface area contributed by atoms with E-state index in [4.69, 9.17) is 4.42 Å². The Bertz CT molecular complexity index is 411. The highest BCUT2D eigenvalue weighted by Gasteiger charge is 2.14. The van der Waals surface area contributed by atoms with Crippen LogP contribution >= 0.6 is 11.3 Å². The summed E-state index contributed by atoms with van der Waals surface area (Å²) in [4.78, 5) is 4.86. The molecule has 0 aliphatic rings. The van der Waals surface area contributed by atoms with Crippen molar-refractivity contribution in [2.75, 3.05) is 6.54 Å². The minimum atomic E-state index is 0.0872. The topological polar surface area (TPSA) is 63.8 Å². The number of aromatic nitrogens is 3. The third-order valence-corrected chi connectivity index (χ3v) is 2.73. The lowest BCUT2D eigenvalue weighted by molar-refractivity contribution is 0.429. The molecule has 0 radical (unpaired) electrons. The first-order chi connectivity index (χ1) is 7.31. The third-order valence-electron chi connectivity index (χ3n) is 1.96. The van der Waals surface area contributed by atoms with E-state index in [1.807, 2.05) is 13.8 Å². The Kier molecular flexibility index (Phi) is 3.08. The van der Waals surface area contributed by atoms with Crippen LogP contribution in [0.4, 0.5) is 0 Å². The molecule has 2 aromatic rings. The van der Waals surface area contributed by atoms with Crippen LogP contribution in [0.5, 0.6) is 0 Å². The van der Waals surface area contributed by atoms with Gasteiger partial charge in [-0.05, 0) is 13.5 Å². The van der Waals surface area contributed by atoms with Crippen LogP contribution in [0.3, 0.4) is 0 Å². The van der Waals surface area contributed by atoms with Crippen LogP contribution in [0.25, 0.3) is 10.8 Å². The van der Waals surface area contributed by atoms with Gasteiger partial charge in [0.25, 0.3) is 5.89 Å². The van der Waals surface area contributed by atoms with Crippen LogP contribution in [0.1, 0.15) is 25.8 Å². The summed E-state index contributed by atoms with van der Waals surface area (Å²) in [6.45, 7) is 4.91. The summed E-state index contributed by atoms with van der Waals surface area (Å²) in [5.74, 6) is 1.15. The van der Waals surface area contributed by atoms with E-state index in [1.54, 1.807) is 11.7 Å². The Balaban J connectivity index is 2.17. The number of rotatable bonds is 4. The average Bonchev–Trinajstić information content (AvgIpc) is 2.89. The molecule has 0 bridgehead atoms. The summed E-state index contributed by atoms with van der Waals surface area (Å²) in [5.41, 5.74) is 1.74. The lowest BCUT2D eigenvalue weighted by atomic mass is 10.3. The molecule has 1 N–H and O–H groups in total. The first-order valence-corrected chi connectivity index (χ1v) is 5.65. The molecule has 0 aromatic carbocycles. The summed E-state index contributed by atoms with van der Waals surface area (Å²) in [7, 11) is 0. The number of hydrogen-bond acceptors (Lipinski definition) is 6. The molecule has 0 amide bonds. The minimum absolute atomic E-state index is 0.0872. The quantitative estimate of drug-likeness (QED) is 0.858. The lowest BCUT2D eigenvalue weighted by Crippen LogP contribution is -2.17. The van der Waals surface area contributed by atoms with Crippen LogP contribution < -0.4 is 5.32 Å². The van der Waals surface area contributed by atoms with Crippen molar-refractivity contribution < 1.29 is 4.42 Å². The van der Waals surface area contributed by atoms with Crippen molar-refractivity contribution in [2.24, 2.45) is 0 Å². The number of nitrogens with zero attached hydrogens (tertiary/aromatic N) is 3. The first kappa shape index (κ1) is 10.3. The first-order valence-electron chi connectivity index (χ1n) is 4.77. The molecule has 1 atom stereocenters. The zero-order chi connectivity index (χ0) is 10.7. The Morgan fingerprint density at radius 2 is 2.40 bits per heavy atom. The minimum Gasteiger partial charge on any atom is -0.418 e. The van der Waals surface area contributed by atoms with Crippen molar-refractivity contribution in [1.82, 2.24) is 20.5 Å². The van der Waals surface area contributed by atoms with Crippen LogP contribution in [0, 0.1) is 0 Å². The summed E-state index contributed by atoms with van der Waals surface area (Å²) >= 11 is 1.49. The molecule has 15 heavy (non-hydrogen) atoms. The van der Waals surface area contributed by atoms with E-state index >= 15 is 0 Å². The molecule has 0 aliphatic carbocycles. The van der Waals surface area contributed by atoms with E-state index in [-0.39, 0.29) is 6.04 Å². The molecule has 5 nitrogen and oxygen atoms in total. The van der Waals surface area contributed by atoms with Gasteiger partial charge in [-0.15, -0.1) is 21.5 Å². The smallest absolute Gasteiger partial charge is 0.259 e. The number of thiazole rings is 1. The van der Waals surface area contributed by atoms with Gasteiger partial charge in [-0.3, -0.25) is 4.98 Å². The molecule has 0 saturated heterocycles. The fourth-order valence-electron chi connectivity index (χ4n) is 1.22. The fraction of sp³-hybridized carbons (Fsp3) is 0.444. The number of nitrogens with one attached hydrogen (secondary N) is 1. The molecule has 2 rings (SSSR count). The van der Waals surface area contributed by atoms with Gasteiger partial charge in [-0.25, -0.2) is 0 Å². The van der Waals surface area contributed by atoms with Gasteiger partial charge in [0.05, 0.1) is 17.7 Å². The molecular formula is C9H12N4OS. The van der Waals surface area contributed by atoms with Gasteiger partial charge < -0.3 is 9.73 Å². The molecule has 2 aromatic heterocycles. The van der Waals surface area contributed by atoms with Gasteiger partial charge in [-0.1, -0.05) is 6.92 Å². The maximum Gasteiger partial charge on any atom is 0.259 e. The van der Waals surface area contributed by atoms with Gasteiger partial charge in [0, 0.05) is 0 Å². The number of hydrogen-bond donors (Lipinski definition) is 1. The SMILES string of the molecule is CCNC(C)c1nnc(-c2cncs2)o1. The molecular weight excluding hydrogens is 212 g/mol. The fourth-order valence-corrected chi connectivity index (χ4v) is 1.76. The van der Waals surface area contributed by atoms with Crippen molar-refractivity contribution in [1.29, 1.82) is 0 Å². The highest BCUT2D eigenvalue weighted by atomic mass is 32.1. The van der Waals surface area contributed by atoms with Crippen LogP contribution in [0.2, 0.25) is 0 Å². The Morgan fingerprint density at radius 3 is 3.07 bits per heavy atom. The second-order valence-corrected chi connectivity index (χ2v) is 3.98. The summed E-state index contributed by atoms with van der Waals surface area (Å²) in [6, 6.07) is 0.0872. The van der Waals surface area contributed by atoms with E-state index in [0.29, 0.717) is 11.8 Å². The van der Waals surface area contributed by atoms with Crippen molar-refractivity contribution in [3.8, 4) is 10.8 Å².